The Morgan fingerprint density at radius 1 is 1.03 bits per heavy atom. The molecule has 12 heteroatoms. The van der Waals surface area contributed by atoms with Crippen LogP contribution in [-0.4, -0.2) is 76.9 Å². The number of carbonyl (C=O) groups excluding carboxylic acids is 2. The molecule has 0 spiro atoms. The highest BCUT2D eigenvalue weighted by molar-refractivity contribution is 5.75. The molecule has 0 bridgehead atoms. The van der Waals surface area contributed by atoms with Crippen molar-refractivity contribution >= 4 is 12.0 Å². The predicted octanol–water partition coefficient (Wildman–Crippen LogP) is 4.39. The highest BCUT2D eigenvalue weighted by atomic mass is 19.4. The third-order valence-electron chi connectivity index (χ3n) is 6.52. The molecule has 4 rings (SSSR count). The summed E-state index contributed by atoms with van der Waals surface area (Å²) in [5.41, 5.74) is -0.609. The second kappa shape index (κ2) is 11.3. The van der Waals surface area contributed by atoms with Gasteiger partial charge in [0, 0.05) is 44.4 Å². The number of ether oxygens (including phenoxy) is 2. The number of esters is 1. The van der Waals surface area contributed by atoms with Crippen molar-refractivity contribution in [1.29, 1.82) is 0 Å². The first-order chi connectivity index (χ1) is 17.9. The smallest absolute Gasteiger partial charge is 0.416 e. The van der Waals surface area contributed by atoms with Crippen LogP contribution in [0, 0.1) is 0 Å². The molecule has 2 aliphatic rings. The van der Waals surface area contributed by atoms with E-state index in [0.717, 1.165) is 12.1 Å². The van der Waals surface area contributed by atoms with Gasteiger partial charge in [0.2, 0.25) is 5.89 Å². The van der Waals surface area contributed by atoms with Gasteiger partial charge in [0.1, 0.15) is 5.60 Å². The predicted molar refractivity (Wildman–Crippen MR) is 129 cm³/mol. The van der Waals surface area contributed by atoms with Gasteiger partial charge in [-0.25, -0.2) is 4.79 Å². The van der Waals surface area contributed by atoms with Crippen molar-refractivity contribution in [2.24, 2.45) is 0 Å². The fraction of sp³-hybridized carbons (Fsp3) is 0.615. The molecular weight excluding hydrogens is 505 g/mol. The Kier molecular flexibility index (Phi) is 8.29. The van der Waals surface area contributed by atoms with E-state index >= 15 is 0 Å². The van der Waals surface area contributed by atoms with Crippen LogP contribution in [0.4, 0.5) is 18.0 Å². The molecule has 2 amide bonds. The molecule has 0 aliphatic carbocycles. The number of alkyl halides is 3. The van der Waals surface area contributed by atoms with E-state index in [1.807, 2.05) is 0 Å². The first-order valence-corrected chi connectivity index (χ1v) is 12.7. The number of hydrogen-bond acceptors (Lipinski definition) is 7. The van der Waals surface area contributed by atoms with Crippen LogP contribution in [-0.2, 0) is 26.9 Å². The molecular formula is C26H33F3N4O5. The van der Waals surface area contributed by atoms with Crippen LogP contribution in [0.25, 0.3) is 0 Å². The topological polar surface area (TPSA) is 98.0 Å². The van der Waals surface area contributed by atoms with E-state index in [1.165, 1.54) is 12.1 Å². The maximum atomic E-state index is 13.3. The number of urea groups is 1. The molecule has 0 saturated carbocycles. The average Bonchev–Trinajstić information content (AvgIpc) is 3.35. The van der Waals surface area contributed by atoms with Crippen LogP contribution in [0.2, 0.25) is 0 Å². The number of amides is 2. The molecule has 9 nitrogen and oxygen atoms in total. The van der Waals surface area contributed by atoms with E-state index in [2.05, 4.69) is 10.1 Å². The zero-order chi connectivity index (χ0) is 27.5. The van der Waals surface area contributed by atoms with Crippen molar-refractivity contribution in [3.8, 4) is 0 Å². The molecule has 1 aromatic heterocycles. The van der Waals surface area contributed by atoms with Crippen molar-refractivity contribution in [3.05, 3.63) is 47.1 Å². The molecule has 2 aliphatic heterocycles. The van der Waals surface area contributed by atoms with Crippen LogP contribution < -0.4 is 0 Å². The summed E-state index contributed by atoms with van der Waals surface area (Å²) in [6, 6.07) is 4.92. The molecule has 0 N–H and O–H groups in total. The van der Waals surface area contributed by atoms with Gasteiger partial charge in [-0.3, -0.25) is 4.79 Å². The quantitative estimate of drug-likeness (QED) is 0.521. The number of halogens is 3. The molecule has 1 aromatic carbocycles. The van der Waals surface area contributed by atoms with Gasteiger partial charge in [0.15, 0.2) is 5.82 Å². The van der Waals surface area contributed by atoms with Crippen molar-refractivity contribution in [2.75, 3.05) is 39.4 Å². The lowest BCUT2D eigenvalue weighted by atomic mass is 9.84. The number of aromatic nitrogens is 2. The number of aryl methyl sites for hydroxylation is 1. The fourth-order valence-corrected chi connectivity index (χ4v) is 4.72. The van der Waals surface area contributed by atoms with Crippen molar-refractivity contribution in [1.82, 2.24) is 19.9 Å². The number of likely N-dealkylation sites (tertiary alicyclic amines) is 1. The van der Waals surface area contributed by atoms with Crippen LogP contribution in [0.15, 0.2) is 28.8 Å². The first-order valence-electron chi connectivity index (χ1n) is 12.7. The Morgan fingerprint density at radius 3 is 2.32 bits per heavy atom. The van der Waals surface area contributed by atoms with Gasteiger partial charge in [-0.2, -0.15) is 18.2 Å². The first kappa shape index (κ1) is 27.9. The summed E-state index contributed by atoms with van der Waals surface area (Å²) in [4.78, 5) is 33.3. The van der Waals surface area contributed by atoms with Gasteiger partial charge in [-0.1, -0.05) is 17.3 Å². The molecule has 2 unspecified atom stereocenters. The van der Waals surface area contributed by atoms with Gasteiger partial charge >= 0.3 is 18.2 Å². The second-order valence-electron chi connectivity index (χ2n) is 10.7. The monoisotopic (exact) mass is 538 g/mol. The summed E-state index contributed by atoms with van der Waals surface area (Å²) in [5, 5.41) is 4.11. The lowest BCUT2D eigenvalue weighted by molar-refractivity contribution is -0.154. The minimum absolute atomic E-state index is 0.0827. The Balaban J connectivity index is 1.50. The number of morpholine rings is 1. The summed E-state index contributed by atoms with van der Waals surface area (Å²) >= 11 is 0. The minimum Gasteiger partial charge on any atom is -0.460 e. The van der Waals surface area contributed by atoms with E-state index in [0.29, 0.717) is 57.2 Å². The minimum atomic E-state index is -4.42. The van der Waals surface area contributed by atoms with Crippen LogP contribution in [0.3, 0.4) is 0 Å². The zero-order valence-corrected chi connectivity index (χ0v) is 21.8. The number of rotatable bonds is 5. The van der Waals surface area contributed by atoms with Crippen LogP contribution in [0.5, 0.6) is 0 Å². The molecule has 208 valence electrons. The van der Waals surface area contributed by atoms with Gasteiger partial charge in [-0.15, -0.1) is 0 Å². The highest BCUT2D eigenvalue weighted by Crippen LogP contribution is 2.37. The number of hydrogen-bond donors (Lipinski definition) is 0. The largest absolute Gasteiger partial charge is 0.460 e. The van der Waals surface area contributed by atoms with Gasteiger partial charge in [0.05, 0.1) is 25.2 Å². The third-order valence-corrected chi connectivity index (χ3v) is 6.52. The summed E-state index contributed by atoms with van der Waals surface area (Å²) < 4.78 is 55.3. The number of carbonyl (C=O) groups is 2. The Labute approximate surface area is 219 Å². The number of benzene rings is 1. The average molecular weight is 539 g/mol. The zero-order valence-electron chi connectivity index (χ0n) is 21.8. The SMILES string of the molecule is CC(C)(C)OC(=O)CCc1nc(C2CC(c3ccc(C(F)(F)F)cc3)CN(C(=O)N3CCOCC3)C2)no1. The van der Waals surface area contributed by atoms with Crippen LogP contribution >= 0.6 is 0 Å². The van der Waals surface area contributed by atoms with E-state index in [1.54, 1.807) is 30.6 Å². The van der Waals surface area contributed by atoms with E-state index in [9.17, 15) is 22.8 Å². The second-order valence-corrected chi connectivity index (χ2v) is 10.7. The van der Waals surface area contributed by atoms with Crippen LogP contribution in [0.1, 0.15) is 68.3 Å². The lowest BCUT2D eigenvalue weighted by Crippen LogP contribution is -2.52. The van der Waals surface area contributed by atoms with Crippen molar-refractivity contribution in [2.45, 2.75) is 63.6 Å². The van der Waals surface area contributed by atoms with E-state index in [-0.39, 0.29) is 42.6 Å². The molecule has 0 radical (unpaired) electrons. The van der Waals surface area contributed by atoms with Gasteiger partial charge in [0.25, 0.3) is 0 Å². The van der Waals surface area contributed by atoms with Crippen molar-refractivity contribution in [3.63, 3.8) is 0 Å². The van der Waals surface area contributed by atoms with E-state index < -0.39 is 17.3 Å². The third kappa shape index (κ3) is 7.24. The molecule has 38 heavy (non-hydrogen) atoms. The number of piperidine rings is 1. The molecule has 3 heterocycles. The molecule has 2 aromatic rings. The Bertz CT molecular complexity index is 1110. The maximum absolute atomic E-state index is 13.3. The summed E-state index contributed by atoms with van der Waals surface area (Å²) in [5.74, 6) is -0.196. The highest BCUT2D eigenvalue weighted by Gasteiger charge is 2.37. The molecule has 2 fully saturated rings. The maximum Gasteiger partial charge on any atom is 0.416 e. The molecule has 2 atom stereocenters. The van der Waals surface area contributed by atoms with Gasteiger partial charge < -0.3 is 23.8 Å². The summed E-state index contributed by atoms with van der Waals surface area (Å²) in [7, 11) is 0. The van der Waals surface area contributed by atoms with Crippen molar-refractivity contribution < 1.29 is 36.8 Å². The Hall–Kier alpha value is -3.15. The van der Waals surface area contributed by atoms with E-state index in [4.69, 9.17) is 14.0 Å². The fourth-order valence-electron chi connectivity index (χ4n) is 4.72. The lowest BCUT2D eigenvalue weighted by Gasteiger charge is -2.40. The summed E-state index contributed by atoms with van der Waals surface area (Å²) in [6.45, 7) is 7.93. The normalized spacial score (nSPS) is 20.9. The number of nitrogens with zero attached hydrogens (tertiary/aromatic N) is 4. The van der Waals surface area contributed by atoms with Gasteiger partial charge in [-0.05, 0) is 44.9 Å². The Morgan fingerprint density at radius 2 is 1.68 bits per heavy atom. The standard InChI is InChI=1S/C26H33F3N4O5/c1-25(2,3)37-22(34)9-8-21-30-23(31-38-21)19-14-18(17-4-6-20(7-5-17)26(27,28)29)15-33(16-19)24(35)32-10-12-36-13-11-32/h4-7,18-19H,8-16H2,1-3H3. The molecule has 2 saturated heterocycles. The summed E-state index contributed by atoms with van der Waals surface area (Å²) in [6.07, 6.45) is -3.59.